The molecule has 0 saturated heterocycles. The Morgan fingerprint density at radius 1 is 0.944 bits per heavy atom. The number of rotatable bonds is 3. The normalized spacial score (nSPS) is 21.6. The Kier molecular flexibility index (Phi) is 2.75. The van der Waals surface area contributed by atoms with E-state index in [2.05, 4.69) is 42.5 Å². The van der Waals surface area contributed by atoms with Gasteiger partial charge < -0.3 is 0 Å². The van der Waals surface area contributed by atoms with Gasteiger partial charge in [0, 0.05) is 5.56 Å². The minimum atomic E-state index is 0.147. The average Bonchev–Trinajstić information content (AvgIpc) is 3.20. The lowest BCUT2D eigenvalue weighted by Crippen LogP contribution is -1.93. The van der Waals surface area contributed by atoms with E-state index in [1.807, 2.05) is 12.1 Å². The molecule has 1 nitrogen and oxygen atoms in total. The van der Waals surface area contributed by atoms with Gasteiger partial charge in [0.2, 0.25) is 0 Å². The van der Waals surface area contributed by atoms with E-state index in [4.69, 9.17) is 0 Å². The molecule has 0 amide bonds. The van der Waals surface area contributed by atoms with Crippen LogP contribution in [0.2, 0.25) is 0 Å². The van der Waals surface area contributed by atoms with Gasteiger partial charge in [0.25, 0.3) is 0 Å². The Hall–Kier alpha value is -1.89. The van der Waals surface area contributed by atoms with E-state index < -0.39 is 0 Å². The molecular formula is C17H16O. The standard InChI is InChI=1S/C17H16O/c1-12(18)14-8-5-9-15(10-14)17-11-16(17)13-6-3-2-4-7-13/h2-10,16-17H,11H2,1H3/t16-,17-/m1/s1. The summed E-state index contributed by atoms with van der Waals surface area (Å²) in [5.74, 6) is 1.37. The SMILES string of the molecule is CC(=O)c1cccc([C@H]2C[C@@H]2c2ccccc2)c1. The van der Waals surface area contributed by atoms with Gasteiger partial charge >= 0.3 is 0 Å². The van der Waals surface area contributed by atoms with Gasteiger partial charge in [-0.1, -0.05) is 48.5 Å². The maximum Gasteiger partial charge on any atom is 0.159 e. The summed E-state index contributed by atoms with van der Waals surface area (Å²) in [5.41, 5.74) is 3.54. The largest absolute Gasteiger partial charge is 0.295 e. The summed E-state index contributed by atoms with van der Waals surface area (Å²) < 4.78 is 0. The van der Waals surface area contributed by atoms with Crippen molar-refractivity contribution in [2.24, 2.45) is 0 Å². The average molecular weight is 236 g/mol. The van der Waals surface area contributed by atoms with Gasteiger partial charge in [-0.15, -0.1) is 0 Å². The van der Waals surface area contributed by atoms with Gasteiger partial charge in [-0.2, -0.15) is 0 Å². The summed E-state index contributed by atoms with van der Waals surface area (Å²) in [6.45, 7) is 1.63. The van der Waals surface area contributed by atoms with E-state index in [1.54, 1.807) is 6.92 Å². The van der Waals surface area contributed by atoms with Crippen molar-refractivity contribution in [2.45, 2.75) is 25.2 Å². The third-order valence-electron chi connectivity index (χ3n) is 3.74. The molecule has 0 aromatic heterocycles. The highest BCUT2D eigenvalue weighted by Crippen LogP contribution is 2.54. The molecule has 2 aromatic rings. The van der Waals surface area contributed by atoms with Crippen molar-refractivity contribution in [3.63, 3.8) is 0 Å². The van der Waals surface area contributed by atoms with Crippen molar-refractivity contribution in [1.29, 1.82) is 0 Å². The van der Waals surface area contributed by atoms with Crippen LogP contribution in [0.5, 0.6) is 0 Å². The van der Waals surface area contributed by atoms with Crippen molar-refractivity contribution in [3.05, 3.63) is 71.3 Å². The number of hydrogen-bond donors (Lipinski definition) is 0. The van der Waals surface area contributed by atoms with Crippen LogP contribution in [0.1, 0.15) is 46.7 Å². The zero-order chi connectivity index (χ0) is 12.5. The van der Waals surface area contributed by atoms with Crippen LogP contribution < -0.4 is 0 Å². The molecule has 0 bridgehead atoms. The van der Waals surface area contributed by atoms with Crippen molar-refractivity contribution >= 4 is 5.78 Å². The van der Waals surface area contributed by atoms with E-state index >= 15 is 0 Å². The fourth-order valence-electron chi connectivity index (χ4n) is 2.62. The molecule has 1 fully saturated rings. The minimum Gasteiger partial charge on any atom is -0.295 e. The second-order valence-electron chi connectivity index (χ2n) is 5.04. The highest BCUT2D eigenvalue weighted by atomic mass is 16.1. The van der Waals surface area contributed by atoms with E-state index in [9.17, 15) is 4.79 Å². The predicted molar refractivity (Wildman–Crippen MR) is 73.0 cm³/mol. The highest BCUT2D eigenvalue weighted by molar-refractivity contribution is 5.94. The molecule has 1 saturated carbocycles. The molecule has 1 aliphatic carbocycles. The van der Waals surface area contributed by atoms with Crippen LogP contribution in [0.15, 0.2) is 54.6 Å². The van der Waals surface area contributed by atoms with E-state index in [0.29, 0.717) is 11.8 Å². The Labute approximate surface area is 107 Å². The van der Waals surface area contributed by atoms with E-state index in [1.165, 1.54) is 17.5 Å². The molecule has 2 aromatic carbocycles. The summed E-state index contributed by atoms with van der Waals surface area (Å²) in [5, 5.41) is 0. The molecule has 0 unspecified atom stereocenters. The molecule has 0 radical (unpaired) electrons. The van der Waals surface area contributed by atoms with Crippen molar-refractivity contribution in [3.8, 4) is 0 Å². The highest BCUT2D eigenvalue weighted by Gasteiger charge is 2.39. The molecule has 0 spiro atoms. The molecule has 0 aliphatic heterocycles. The predicted octanol–water partition coefficient (Wildman–Crippen LogP) is 4.16. The van der Waals surface area contributed by atoms with Crippen LogP contribution in [0.4, 0.5) is 0 Å². The summed E-state index contributed by atoms with van der Waals surface area (Å²) >= 11 is 0. The fourth-order valence-corrected chi connectivity index (χ4v) is 2.62. The Bertz CT molecular complexity index is 571. The van der Waals surface area contributed by atoms with Gasteiger partial charge in [0.1, 0.15) is 0 Å². The number of carbonyl (C=O) groups is 1. The Morgan fingerprint density at radius 2 is 1.61 bits per heavy atom. The summed E-state index contributed by atoms with van der Waals surface area (Å²) in [4.78, 5) is 11.4. The first-order valence-electron chi connectivity index (χ1n) is 6.41. The fraction of sp³-hybridized carbons (Fsp3) is 0.235. The monoisotopic (exact) mass is 236 g/mol. The minimum absolute atomic E-state index is 0.147. The van der Waals surface area contributed by atoms with Crippen LogP contribution in [0.3, 0.4) is 0 Å². The molecular weight excluding hydrogens is 220 g/mol. The smallest absolute Gasteiger partial charge is 0.159 e. The van der Waals surface area contributed by atoms with Gasteiger partial charge in [-0.3, -0.25) is 4.79 Å². The first-order valence-corrected chi connectivity index (χ1v) is 6.41. The Morgan fingerprint density at radius 3 is 2.33 bits per heavy atom. The van der Waals surface area contributed by atoms with Crippen LogP contribution in [0.25, 0.3) is 0 Å². The Balaban J connectivity index is 1.82. The van der Waals surface area contributed by atoms with Crippen LogP contribution in [-0.2, 0) is 0 Å². The van der Waals surface area contributed by atoms with Gasteiger partial charge in [0.05, 0.1) is 0 Å². The second-order valence-corrected chi connectivity index (χ2v) is 5.04. The summed E-state index contributed by atoms with van der Waals surface area (Å²) in [7, 11) is 0. The first kappa shape index (κ1) is 11.2. The second kappa shape index (κ2) is 4.41. The molecule has 0 N–H and O–H groups in total. The summed E-state index contributed by atoms with van der Waals surface area (Å²) in [6.07, 6.45) is 1.20. The quantitative estimate of drug-likeness (QED) is 0.731. The first-order chi connectivity index (χ1) is 8.75. The molecule has 1 heteroatoms. The molecule has 18 heavy (non-hydrogen) atoms. The van der Waals surface area contributed by atoms with Crippen molar-refractivity contribution < 1.29 is 4.79 Å². The lowest BCUT2D eigenvalue weighted by molar-refractivity contribution is 0.101. The van der Waals surface area contributed by atoms with Crippen molar-refractivity contribution in [1.82, 2.24) is 0 Å². The van der Waals surface area contributed by atoms with Crippen molar-refractivity contribution in [2.75, 3.05) is 0 Å². The lowest BCUT2D eigenvalue weighted by Gasteiger charge is -2.03. The number of hydrogen-bond acceptors (Lipinski definition) is 1. The lowest BCUT2D eigenvalue weighted by atomic mass is 10.0. The number of ketones is 1. The molecule has 2 atom stereocenters. The number of carbonyl (C=O) groups excluding carboxylic acids is 1. The van der Waals surface area contributed by atoms with Gasteiger partial charge in [-0.25, -0.2) is 0 Å². The maximum absolute atomic E-state index is 11.4. The molecule has 0 heterocycles. The number of Topliss-reactive ketones (excluding diaryl/α,β-unsaturated/α-hetero) is 1. The van der Waals surface area contributed by atoms with Gasteiger partial charge in [0.15, 0.2) is 5.78 Å². The zero-order valence-corrected chi connectivity index (χ0v) is 10.5. The van der Waals surface area contributed by atoms with Crippen LogP contribution >= 0.6 is 0 Å². The maximum atomic E-state index is 11.4. The third-order valence-corrected chi connectivity index (χ3v) is 3.74. The van der Waals surface area contributed by atoms with E-state index in [0.717, 1.165) is 5.56 Å². The van der Waals surface area contributed by atoms with E-state index in [-0.39, 0.29) is 5.78 Å². The third kappa shape index (κ3) is 2.08. The van der Waals surface area contributed by atoms with Crippen LogP contribution in [-0.4, -0.2) is 5.78 Å². The zero-order valence-electron chi connectivity index (χ0n) is 10.5. The van der Waals surface area contributed by atoms with Gasteiger partial charge in [-0.05, 0) is 42.4 Å². The molecule has 90 valence electrons. The number of benzene rings is 2. The molecule has 1 aliphatic rings. The summed E-state index contributed by atoms with van der Waals surface area (Å²) in [6, 6.07) is 18.7. The molecule has 3 rings (SSSR count). The van der Waals surface area contributed by atoms with Crippen LogP contribution in [0, 0.1) is 0 Å². The topological polar surface area (TPSA) is 17.1 Å².